The first-order chi connectivity index (χ1) is 11.9. The molecule has 134 valence electrons. The van der Waals surface area contributed by atoms with Gasteiger partial charge >= 0.3 is 0 Å². The molecular weight excluding hydrogens is 336 g/mol. The summed E-state index contributed by atoms with van der Waals surface area (Å²) in [5, 5.41) is 6.66. The smallest absolute Gasteiger partial charge is 0.257 e. The van der Waals surface area contributed by atoms with E-state index in [0.29, 0.717) is 16.3 Å². The molecule has 0 radical (unpaired) electrons. The highest BCUT2D eigenvalue weighted by Gasteiger charge is 2.11. The minimum atomic E-state index is -0.222. The Balaban J connectivity index is 1.97. The van der Waals surface area contributed by atoms with E-state index < -0.39 is 0 Å². The van der Waals surface area contributed by atoms with E-state index in [1.165, 1.54) is 0 Å². The lowest BCUT2D eigenvalue weighted by molar-refractivity contribution is 0.102. The minimum absolute atomic E-state index is 0.222. The van der Waals surface area contributed by atoms with Crippen LogP contribution in [0.3, 0.4) is 0 Å². The Kier molecular flexibility index (Phi) is 6.79. The normalized spacial score (nSPS) is 10.8. The molecule has 2 N–H and O–H groups in total. The number of carbonyl (C=O) groups excluding carboxylic acids is 1. The SMILES string of the molecule is Cc1cc(C)c(NC(=O)c2ccc(NCCCN(C)C)nc2)c(Cl)c1. The van der Waals surface area contributed by atoms with Crippen LogP contribution in [0.25, 0.3) is 0 Å². The number of benzene rings is 1. The number of anilines is 2. The zero-order valence-corrected chi connectivity index (χ0v) is 15.9. The number of carbonyl (C=O) groups is 1. The van der Waals surface area contributed by atoms with Gasteiger partial charge < -0.3 is 15.5 Å². The van der Waals surface area contributed by atoms with Crippen molar-refractivity contribution in [3.63, 3.8) is 0 Å². The maximum atomic E-state index is 12.4. The standard InChI is InChI=1S/C19H25ClN4O/c1-13-10-14(2)18(16(20)11-13)23-19(25)15-6-7-17(22-12-15)21-8-5-9-24(3)4/h6-7,10-12H,5,8-9H2,1-4H3,(H,21,22)(H,23,25). The molecule has 0 aliphatic rings. The number of aryl methyl sites for hydroxylation is 2. The lowest BCUT2D eigenvalue weighted by Crippen LogP contribution is -2.17. The lowest BCUT2D eigenvalue weighted by atomic mass is 10.1. The number of halogens is 1. The second-order valence-electron chi connectivity index (χ2n) is 6.41. The zero-order valence-electron chi connectivity index (χ0n) is 15.2. The Morgan fingerprint density at radius 1 is 1.24 bits per heavy atom. The molecule has 1 heterocycles. The van der Waals surface area contributed by atoms with Gasteiger partial charge in [0.25, 0.3) is 5.91 Å². The average Bonchev–Trinajstić information content (AvgIpc) is 2.55. The predicted molar refractivity (Wildman–Crippen MR) is 105 cm³/mol. The summed E-state index contributed by atoms with van der Waals surface area (Å²) in [4.78, 5) is 18.9. The zero-order chi connectivity index (χ0) is 18.4. The molecule has 2 aromatic rings. The number of nitrogens with one attached hydrogen (secondary N) is 2. The second-order valence-corrected chi connectivity index (χ2v) is 6.82. The molecule has 0 aliphatic heterocycles. The molecule has 0 unspecified atom stereocenters. The van der Waals surface area contributed by atoms with E-state index in [1.807, 2.05) is 46.1 Å². The topological polar surface area (TPSA) is 57.3 Å². The van der Waals surface area contributed by atoms with Gasteiger partial charge in [-0.05, 0) is 70.2 Å². The van der Waals surface area contributed by atoms with E-state index >= 15 is 0 Å². The van der Waals surface area contributed by atoms with Crippen molar-refractivity contribution in [2.45, 2.75) is 20.3 Å². The van der Waals surface area contributed by atoms with Gasteiger partial charge in [0.2, 0.25) is 0 Å². The highest BCUT2D eigenvalue weighted by molar-refractivity contribution is 6.34. The summed E-state index contributed by atoms with van der Waals surface area (Å²) in [5.74, 6) is 0.542. The fourth-order valence-corrected chi connectivity index (χ4v) is 2.87. The molecule has 0 aliphatic carbocycles. The molecule has 0 saturated carbocycles. The van der Waals surface area contributed by atoms with Crippen LogP contribution < -0.4 is 10.6 Å². The van der Waals surface area contributed by atoms with Crippen molar-refractivity contribution in [2.75, 3.05) is 37.8 Å². The van der Waals surface area contributed by atoms with Gasteiger partial charge in [0.15, 0.2) is 0 Å². The van der Waals surface area contributed by atoms with Crippen LogP contribution in [0, 0.1) is 13.8 Å². The Morgan fingerprint density at radius 2 is 2.00 bits per heavy atom. The summed E-state index contributed by atoms with van der Waals surface area (Å²) in [7, 11) is 4.10. The van der Waals surface area contributed by atoms with Gasteiger partial charge in [-0.1, -0.05) is 17.7 Å². The van der Waals surface area contributed by atoms with Crippen molar-refractivity contribution in [1.29, 1.82) is 0 Å². The van der Waals surface area contributed by atoms with Crippen molar-refractivity contribution >= 4 is 29.0 Å². The number of aromatic nitrogens is 1. The van der Waals surface area contributed by atoms with Crippen LogP contribution in [0.1, 0.15) is 27.9 Å². The van der Waals surface area contributed by atoms with E-state index in [0.717, 1.165) is 36.5 Å². The van der Waals surface area contributed by atoms with Crippen LogP contribution in [-0.2, 0) is 0 Å². The largest absolute Gasteiger partial charge is 0.370 e. The Morgan fingerprint density at radius 3 is 2.60 bits per heavy atom. The van der Waals surface area contributed by atoms with Crippen LogP contribution in [0.5, 0.6) is 0 Å². The maximum Gasteiger partial charge on any atom is 0.257 e. The first-order valence-electron chi connectivity index (χ1n) is 8.29. The molecule has 0 spiro atoms. The number of nitrogens with zero attached hydrogens (tertiary/aromatic N) is 2. The summed E-state index contributed by atoms with van der Waals surface area (Å²) in [6.45, 7) is 5.76. The number of hydrogen-bond donors (Lipinski definition) is 2. The summed E-state index contributed by atoms with van der Waals surface area (Å²) < 4.78 is 0. The molecule has 1 aromatic heterocycles. The van der Waals surface area contributed by atoms with Gasteiger partial charge in [0.05, 0.1) is 16.3 Å². The van der Waals surface area contributed by atoms with Gasteiger partial charge in [-0.15, -0.1) is 0 Å². The summed E-state index contributed by atoms with van der Waals surface area (Å²) >= 11 is 6.24. The van der Waals surface area contributed by atoms with Crippen molar-refractivity contribution < 1.29 is 4.79 Å². The highest BCUT2D eigenvalue weighted by atomic mass is 35.5. The van der Waals surface area contributed by atoms with Crippen LogP contribution in [-0.4, -0.2) is 43.0 Å². The minimum Gasteiger partial charge on any atom is -0.370 e. The van der Waals surface area contributed by atoms with Gasteiger partial charge in [0.1, 0.15) is 5.82 Å². The van der Waals surface area contributed by atoms with E-state index in [-0.39, 0.29) is 5.91 Å². The quantitative estimate of drug-likeness (QED) is 0.733. The molecule has 0 atom stereocenters. The van der Waals surface area contributed by atoms with E-state index in [2.05, 4.69) is 20.5 Å². The number of rotatable bonds is 7. The van der Waals surface area contributed by atoms with E-state index in [4.69, 9.17) is 11.6 Å². The van der Waals surface area contributed by atoms with Gasteiger partial charge in [-0.25, -0.2) is 4.98 Å². The summed E-state index contributed by atoms with van der Waals surface area (Å²) in [6, 6.07) is 7.39. The van der Waals surface area contributed by atoms with Crippen LogP contribution in [0.2, 0.25) is 5.02 Å². The first-order valence-corrected chi connectivity index (χ1v) is 8.67. The van der Waals surface area contributed by atoms with Gasteiger partial charge in [-0.2, -0.15) is 0 Å². The monoisotopic (exact) mass is 360 g/mol. The van der Waals surface area contributed by atoms with Gasteiger partial charge in [0, 0.05) is 12.7 Å². The third-order valence-corrected chi connectivity index (χ3v) is 4.08. The molecular formula is C19H25ClN4O. The van der Waals surface area contributed by atoms with Crippen molar-refractivity contribution in [1.82, 2.24) is 9.88 Å². The summed E-state index contributed by atoms with van der Waals surface area (Å²) in [6.07, 6.45) is 2.60. The molecule has 1 amide bonds. The van der Waals surface area contributed by atoms with Crippen LogP contribution >= 0.6 is 11.6 Å². The predicted octanol–water partition coefficient (Wildman–Crippen LogP) is 3.97. The fourth-order valence-electron chi connectivity index (χ4n) is 2.50. The van der Waals surface area contributed by atoms with Crippen LogP contribution in [0.15, 0.2) is 30.5 Å². The molecule has 2 rings (SSSR count). The van der Waals surface area contributed by atoms with E-state index in [1.54, 1.807) is 12.3 Å². The molecule has 25 heavy (non-hydrogen) atoms. The molecule has 5 nitrogen and oxygen atoms in total. The fraction of sp³-hybridized carbons (Fsp3) is 0.368. The first kappa shape index (κ1) is 19.2. The molecule has 0 fully saturated rings. The average molecular weight is 361 g/mol. The maximum absolute atomic E-state index is 12.4. The molecule has 1 aromatic carbocycles. The third kappa shape index (κ3) is 5.73. The molecule has 6 heteroatoms. The Bertz CT molecular complexity index is 706. The van der Waals surface area contributed by atoms with Crippen molar-refractivity contribution in [3.05, 3.63) is 52.2 Å². The van der Waals surface area contributed by atoms with E-state index in [9.17, 15) is 4.79 Å². The van der Waals surface area contributed by atoms with Crippen LogP contribution in [0.4, 0.5) is 11.5 Å². The highest BCUT2D eigenvalue weighted by Crippen LogP contribution is 2.27. The van der Waals surface area contributed by atoms with Crippen molar-refractivity contribution in [3.8, 4) is 0 Å². The van der Waals surface area contributed by atoms with Gasteiger partial charge in [-0.3, -0.25) is 4.79 Å². The number of pyridine rings is 1. The lowest BCUT2D eigenvalue weighted by Gasteiger charge is -2.12. The second kappa shape index (κ2) is 8.83. The Hall–Kier alpha value is -2.11. The molecule has 0 saturated heterocycles. The molecule has 0 bridgehead atoms. The third-order valence-electron chi connectivity index (χ3n) is 3.78. The number of hydrogen-bond acceptors (Lipinski definition) is 4. The summed E-state index contributed by atoms with van der Waals surface area (Å²) in [5.41, 5.74) is 3.13. The van der Waals surface area contributed by atoms with Crippen molar-refractivity contribution in [2.24, 2.45) is 0 Å². The number of amides is 1. The Labute approximate surface area is 154 Å².